The van der Waals surface area contributed by atoms with Gasteiger partial charge in [0.25, 0.3) is 5.56 Å². The molecule has 0 radical (unpaired) electrons. The first-order valence-electron chi connectivity index (χ1n) is 7.10. The van der Waals surface area contributed by atoms with E-state index in [-0.39, 0.29) is 22.9 Å². The number of thiophene rings is 1. The molecule has 3 aromatic rings. The molecule has 124 valence electrons. The highest BCUT2D eigenvalue weighted by molar-refractivity contribution is 7.99. The van der Waals surface area contributed by atoms with Crippen LogP contribution in [-0.4, -0.2) is 21.2 Å². The Kier molecular flexibility index (Phi) is 4.68. The fourth-order valence-corrected chi connectivity index (χ4v) is 3.87. The number of thioether (sulfide) groups is 1. The van der Waals surface area contributed by atoms with Crippen LogP contribution in [0.1, 0.15) is 4.88 Å². The summed E-state index contributed by atoms with van der Waals surface area (Å²) in [5, 5.41) is 3.55. The van der Waals surface area contributed by atoms with Crippen molar-refractivity contribution in [2.24, 2.45) is 7.05 Å². The summed E-state index contributed by atoms with van der Waals surface area (Å²) in [6.07, 6.45) is 0. The molecule has 24 heavy (non-hydrogen) atoms. The van der Waals surface area contributed by atoms with Crippen LogP contribution in [-0.2, 0) is 11.8 Å². The Morgan fingerprint density at radius 3 is 2.92 bits per heavy atom. The van der Waals surface area contributed by atoms with Crippen molar-refractivity contribution in [1.29, 1.82) is 0 Å². The van der Waals surface area contributed by atoms with Gasteiger partial charge < -0.3 is 5.32 Å². The first kappa shape index (κ1) is 16.7. The predicted molar refractivity (Wildman–Crippen MR) is 95.4 cm³/mol. The highest BCUT2D eigenvalue weighted by Gasteiger charge is 2.13. The molecule has 0 saturated carbocycles. The van der Waals surface area contributed by atoms with Gasteiger partial charge in [-0.2, -0.15) is 0 Å². The zero-order valence-corrected chi connectivity index (χ0v) is 14.6. The van der Waals surface area contributed by atoms with Crippen molar-refractivity contribution in [1.82, 2.24) is 9.55 Å². The molecule has 0 aliphatic heterocycles. The predicted octanol–water partition coefficient (Wildman–Crippen LogP) is 3.17. The maximum Gasteiger partial charge on any atom is 0.262 e. The number of amides is 1. The molecule has 0 unspecified atom stereocenters. The summed E-state index contributed by atoms with van der Waals surface area (Å²) >= 11 is 2.58. The summed E-state index contributed by atoms with van der Waals surface area (Å²) < 4.78 is 15.0. The number of nitrogens with one attached hydrogen (secondary N) is 1. The third-order valence-corrected chi connectivity index (χ3v) is 5.31. The molecule has 0 fully saturated rings. The van der Waals surface area contributed by atoms with E-state index in [0.717, 1.165) is 16.6 Å². The van der Waals surface area contributed by atoms with Gasteiger partial charge >= 0.3 is 0 Å². The van der Waals surface area contributed by atoms with Crippen LogP contribution in [0.15, 0.2) is 40.3 Å². The Labute approximate surface area is 145 Å². The van der Waals surface area contributed by atoms with Crippen LogP contribution < -0.4 is 10.9 Å². The maximum atomic E-state index is 13.5. The molecule has 0 aliphatic carbocycles. The fraction of sp³-hybridized carbons (Fsp3) is 0.188. The van der Waals surface area contributed by atoms with Crippen LogP contribution in [0.2, 0.25) is 0 Å². The van der Waals surface area contributed by atoms with Crippen LogP contribution >= 0.6 is 23.1 Å². The number of benzene rings is 1. The third-order valence-electron chi connectivity index (χ3n) is 3.34. The van der Waals surface area contributed by atoms with E-state index in [1.165, 1.54) is 28.0 Å². The highest BCUT2D eigenvalue weighted by Crippen LogP contribution is 2.23. The molecule has 2 aromatic heterocycles. The number of halogens is 1. The van der Waals surface area contributed by atoms with Crippen LogP contribution in [0.4, 0.5) is 10.1 Å². The van der Waals surface area contributed by atoms with Gasteiger partial charge in [-0.1, -0.05) is 23.9 Å². The molecule has 1 aromatic carbocycles. The average Bonchev–Trinajstić information content (AvgIpc) is 2.92. The fourth-order valence-electron chi connectivity index (χ4n) is 2.18. The Morgan fingerprint density at radius 1 is 1.42 bits per heavy atom. The number of anilines is 1. The number of hydrogen-bond donors (Lipinski definition) is 1. The van der Waals surface area contributed by atoms with E-state index in [0.29, 0.717) is 15.4 Å². The lowest BCUT2D eigenvalue weighted by Crippen LogP contribution is -2.21. The number of hydrogen-bond acceptors (Lipinski definition) is 5. The van der Waals surface area contributed by atoms with E-state index >= 15 is 0 Å². The monoisotopic (exact) mass is 363 g/mol. The lowest BCUT2D eigenvalue weighted by Gasteiger charge is -2.08. The minimum Gasteiger partial charge on any atom is -0.323 e. The number of rotatable bonds is 4. The molecule has 8 heteroatoms. The molecule has 5 nitrogen and oxygen atoms in total. The van der Waals surface area contributed by atoms with Gasteiger partial charge in [-0.25, -0.2) is 9.37 Å². The molecule has 0 atom stereocenters. The number of nitrogens with zero attached hydrogens (tertiary/aromatic N) is 2. The normalized spacial score (nSPS) is 11.0. The van der Waals surface area contributed by atoms with E-state index in [1.54, 1.807) is 19.2 Å². The van der Waals surface area contributed by atoms with Gasteiger partial charge in [0, 0.05) is 11.9 Å². The molecule has 0 saturated heterocycles. The molecular formula is C16H14FN3O2S2. The molecular weight excluding hydrogens is 349 g/mol. The van der Waals surface area contributed by atoms with Crippen molar-refractivity contribution < 1.29 is 9.18 Å². The largest absolute Gasteiger partial charge is 0.323 e. The van der Waals surface area contributed by atoms with Gasteiger partial charge in [0.2, 0.25) is 5.91 Å². The summed E-state index contributed by atoms with van der Waals surface area (Å²) in [4.78, 5) is 30.4. The summed E-state index contributed by atoms with van der Waals surface area (Å²) in [6, 6.07) is 7.78. The van der Waals surface area contributed by atoms with Crippen LogP contribution in [0, 0.1) is 12.7 Å². The van der Waals surface area contributed by atoms with Crippen molar-refractivity contribution in [3.05, 3.63) is 51.4 Å². The van der Waals surface area contributed by atoms with E-state index in [2.05, 4.69) is 10.3 Å². The molecule has 3 rings (SSSR count). The lowest BCUT2D eigenvalue weighted by molar-refractivity contribution is -0.113. The van der Waals surface area contributed by atoms with Crippen LogP contribution in [0.5, 0.6) is 0 Å². The minimum atomic E-state index is -0.489. The second kappa shape index (κ2) is 6.74. The van der Waals surface area contributed by atoms with Crippen molar-refractivity contribution in [2.75, 3.05) is 11.1 Å². The lowest BCUT2D eigenvalue weighted by atomic mass is 10.3. The number of aryl methyl sites for hydroxylation is 1. The van der Waals surface area contributed by atoms with E-state index in [9.17, 15) is 14.0 Å². The van der Waals surface area contributed by atoms with E-state index < -0.39 is 5.82 Å². The maximum absolute atomic E-state index is 13.5. The van der Waals surface area contributed by atoms with Gasteiger partial charge in [-0.15, -0.1) is 11.3 Å². The second-order valence-electron chi connectivity index (χ2n) is 5.15. The standard InChI is InChI=1S/C16H14FN3O2S2/c1-9-7-10-14(24-9)19-16(20(2)15(10)22)23-8-13(21)18-12-6-4-3-5-11(12)17/h3-7H,8H2,1-2H3,(H,18,21). The molecule has 0 aliphatic rings. The van der Waals surface area contributed by atoms with Crippen LogP contribution in [0.25, 0.3) is 10.2 Å². The second-order valence-corrected chi connectivity index (χ2v) is 7.33. The molecule has 2 heterocycles. The molecule has 0 bridgehead atoms. The summed E-state index contributed by atoms with van der Waals surface area (Å²) in [7, 11) is 1.62. The van der Waals surface area contributed by atoms with E-state index in [1.807, 2.05) is 13.0 Å². The number of fused-ring (bicyclic) bond motifs is 1. The zero-order valence-electron chi connectivity index (χ0n) is 13.0. The Bertz CT molecular complexity index is 981. The number of carbonyl (C=O) groups excluding carboxylic acids is 1. The van der Waals surface area contributed by atoms with Gasteiger partial charge in [0.1, 0.15) is 10.6 Å². The number of para-hydroxylation sites is 1. The topological polar surface area (TPSA) is 64.0 Å². The van der Waals surface area contributed by atoms with Crippen molar-refractivity contribution >= 4 is 44.9 Å². The van der Waals surface area contributed by atoms with Gasteiger partial charge in [-0.05, 0) is 25.1 Å². The molecule has 1 amide bonds. The first-order valence-corrected chi connectivity index (χ1v) is 8.90. The van der Waals surface area contributed by atoms with Crippen molar-refractivity contribution in [2.45, 2.75) is 12.1 Å². The van der Waals surface area contributed by atoms with Crippen LogP contribution in [0.3, 0.4) is 0 Å². The summed E-state index contributed by atoms with van der Waals surface area (Å²) in [5.74, 6) is -0.816. The third kappa shape index (κ3) is 3.34. The number of aromatic nitrogens is 2. The van der Waals surface area contributed by atoms with Crippen molar-refractivity contribution in [3.63, 3.8) is 0 Å². The zero-order chi connectivity index (χ0) is 17.3. The molecule has 1 N–H and O–H groups in total. The highest BCUT2D eigenvalue weighted by atomic mass is 32.2. The van der Waals surface area contributed by atoms with E-state index in [4.69, 9.17) is 0 Å². The SMILES string of the molecule is Cc1cc2c(=O)n(C)c(SCC(=O)Nc3ccccc3F)nc2s1. The summed E-state index contributed by atoms with van der Waals surface area (Å²) in [6.45, 7) is 1.92. The Balaban J connectivity index is 1.76. The minimum absolute atomic E-state index is 0.0322. The summed E-state index contributed by atoms with van der Waals surface area (Å²) in [5.41, 5.74) is -0.00403. The average molecular weight is 363 g/mol. The number of carbonyl (C=O) groups is 1. The van der Waals surface area contributed by atoms with Gasteiger partial charge in [-0.3, -0.25) is 14.2 Å². The Hall–Kier alpha value is -2.19. The van der Waals surface area contributed by atoms with Crippen molar-refractivity contribution in [3.8, 4) is 0 Å². The Morgan fingerprint density at radius 2 is 2.17 bits per heavy atom. The first-order chi connectivity index (χ1) is 11.5. The molecule has 0 spiro atoms. The van der Waals surface area contributed by atoms with Gasteiger partial charge in [0.05, 0.1) is 16.8 Å². The quantitative estimate of drug-likeness (QED) is 0.571. The smallest absolute Gasteiger partial charge is 0.262 e. The van der Waals surface area contributed by atoms with Gasteiger partial charge in [0.15, 0.2) is 5.16 Å².